The highest BCUT2D eigenvalue weighted by molar-refractivity contribution is 14.1. The molecule has 4 aromatic carbocycles. The van der Waals surface area contributed by atoms with Gasteiger partial charge in [0.05, 0.1) is 58.6 Å². The first-order valence-electron chi connectivity index (χ1n) is 19.0. The summed E-state index contributed by atoms with van der Waals surface area (Å²) in [7, 11) is 0. The Bertz CT molecular complexity index is 2640. The summed E-state index contributed by atoms with van der Waals surface area (Å²) in [6.45, 7) is 0.816. The molecule has 3 aliphatic rings. The second kappa shape index (κ2) is 15.8. The summed E-state index contributed by atoms with van der Waals surface area (Å²) in [5.41, 5.74) is 10.3. The molecule has 0 spiro atoms. The van der Waals surface area contributed by atoms with E-state index in [4.69, 9.17) is 14.6 Å². The number of piperidine rings is 1. The number of carbonyl (C=O) groups excluding carboxylic acids is 4. The van der Waals surface area contributed by atoms with Crippen LogP contribution in [0.1, 0.15) is 57.5 Å². The molecule has 58 heavy (non-hydrogen) atoms. The fourth-order valence-corrected chi connectivity index (χ4v) is 8.31. The lowest BCUT2D eigenvalue weighted by molar-refractivity contribution is -0.136. The molecule has 2 aromatic heterocycles. The van der Waals surface area contributed by atoms with E-state index in [1.807, 2.05) is 65.3 Å². The minimum Gasteiger partial charge on any atom is -0.493 e. The Morgan fingerprint density at radius 2 is 1.48 bits per heavy atom. The Morgan fingerprint density at radius 1 is 0.724 bits per heavy atom. The van der Waals surface area contributed by atoms with E-state index in [2.05, 4.69) is 60.8 Å². The third-order valence-corrected chi connectivity index (χ3v) is 11.3. The molecule has 4 amide bonds. The van der Waals surface area contributed by atoms with Crippen LogP contribution in [-0.4, -0.2) is 68.3 Å². The molecule has 2 aliphatic heterocycles. The van der Waals surface area contributed by atoms with E-state index in [1.165, 1.54) is 11.1 Å². The van der Waals surface area contributed by atoms with Crippen LogP contribution in [0.3, 0.4) is 0 Å². The van der Waals surface area contributed by atoms with Gasteiger partial charge in [0.1, 0.15) is 23.2 Å². The van der Waals surface area contributed by atoms with Crippen molar-refractivity contribution in [3.8, 4) is 50.7 Å². The zero-order valence-electron chi connectivity index (χ0n) is 31.1. The highest BCUT2D eigenvalue weighted by Gasteiger charge is 2.45. The molecule has 6 aromatic rings. The molecule has 9 rings (SSSR count). The molecule has 1 unspecified atom stereocenters. The Hall–Kier alpha value is -6.48. The van der Waals surface area contributed by atoms with Gasteiger partial charge >= 0.3 is 0 Å². The van der Waals surface area contributed by atoms with Gasteiger partial charge in [0.15, 0.2) is 0 Å². The number of nitrogens with zero attached hydrogens (tertiary/aromatic N) is 5. The molecule has 1 atom stereocenters. The second-order valence-corrected chi connectivity index (χ2v) is 14.7. The van der Waals surface area contributed by atoms with Crippen LogP contribution in [0.2, 0.25) is 0 Å². The van der Waals surface area contributed by atoms with Gasteiger partial charge in [-0.1, -0.05) is 42.5 Å². The van der Waals surface area contributed by atoms with E-state index >= 15 is 0 Å². The average Bonchev–Trinajstić information content (AvgIpc) is 3.95. The summed E-state index contributed by atoms with van der Waals surface area (Å²) in [5, 5.41) is 7.26. The number of nitrogens with one attached hydrogen (secondary N) is 1. The summed E-state index contributed by atoms with van der Waals surface area (Å²) < 4.78 is 18.5. The first-order chi connectivity index (χ1) is 28.4. The zero-order chi connectivity index (χ0) is 39.8. The number of benzene rings is 4. The number of pyridine rings is 1. The Kier molecular flexibility index (Phi) is 10.1. The van der Waals surface area contributed by atoms with Crippen LogP contribution in [0.15, 0.2) is 119 Å². The van der Waals surface area contributed by atoms with Gasteiger partial charge in [0.2, 0.25) is 11.8 Å². The van der Waals surface area contributed by atoms with Crippen molar-refractivity contribution in [2.24, 2.45) is 3.21 Å². The van der Waals surface area contributed by atoms with Crippen molar-refractivity contribution in [3.63, 3.8) is 0 Å². The Morgan fingerprint density at radius 3 is 2.28 bits per heavy atom. The van der Waals surface area contributed by atoms with Crippen LogP contribution in [-0.2, 0) is 16.0 Å². The van der Waals surface area contributed by atoms with Crippen molar-refractivity contribution < 1.29 is 28.7 Å². The minimum absolute atomic E-state index is 0.0582. The van der Waals surface area contributed by atoms with E-state index in [9.17, 15) is 19.2 Å². The van der Waals surface area contributed by atoms with Crippen LogP contribution in [0.4, 0.5) is 0 Å². The summed E-state index contributed by atoms with van der Waals surface area (Å²) in [5.74, 6) is -0.834. The van der Waals surface area contributed by atoms with E-state index in [0.29, 0.717) is 36.5 Å². The Balaban J connectivity index is 0.835. The number of aryl methyl sites for hydroxylation is 1. The van der Waals surface area contributed by atoms with E-state index in [1.54, 1.807) is 30.6 Å². The van der Waals surface area contributed by atoms with Gasteiger partial charge in [-0.05, 0) is 102 Å². The van der Waals surface area contributed by atoms with Crippen molar-refractivity contribution in [1.29, 1.82) is 0 Å². The largest absolute Gasteiger partial charge is 0.493 e. The summed E-state index contributed by atoms with van der Waals surface area (Å²) in [4.78, 5) is 56.4. The van der Waals surface area contributed by atoms with Gasteiger partial charge < -0.3 is 9.47 Å². The van der Waals surface area contributed by atoms with Crippen LogP contribution >= 0.6 is 22.9 Å². The molecule has 4 heterocycles. The maximum Gasteiger partial charge on any atom is 0.262 e. The standard InChI is InChI=1S/C45H35IN6O6/c46-49-38-15-9-29-24-30(8-14-34(29)38)37-26-51(50-42(37)27-18-20-47-21-19-27)31-10-12-32(13-11-31)57-22-3-23-58-33-5-1-4-28(25-33)35-6-2-7-36-41(35)45(56)52(44(36)55)39-16-17-40(53)48-43(39)54/h1-2,4-8,10-14,18-21,24-26,39H,3,9,15-17,22-23H2,(H,48,53,54). The molecule has 0 radical (unpaired) electrons. The summed E-state index contributed by atoms with van der Waals surface area (Å²) in [6, 6.07) is 29.7. The van der Waals surface area contributed by atoms with Gasteiger partial charge in [0, 0.05) is 42.6 Å². The number of imide groups is 2. The molecule has 1 N–H and O–H groups in total. The second-order valence-electron chi connectivity index (χ2n) is 14.2. The number of hydrogen-bond acceptors (Lipinski definition) is 9. The van der Waals surface area contributed by atoms with Crippen molar-refractivity contribution in [2.75, 3.05) is 13.2 Å². The zero-order valence-corrected chi connectivity index (χ0v) is 33.2. The lowest BCUT2D eigenvalue weighted by Crippen LogP contribution is -2.54. The Labute approximate surface area is 347 Å². The quantitative estimate of drug-likeness (QED) is 0.0796. The normalized spacial score (nSPS) is 16.7. The van der Waals surface area contributed by atoms with Crippen LogP contribution in [0.25, 0.3) is 39.2 Å². The SMILES string of the molecule is O=C1CCC(N2C(=O)c3cccc(-c4cccc(OCCCOc5ccc(-n6cc(-c7ccc8c(c7)CCC8=NI)c(-c7ccncc7)n6)cc5)c4)c3C2=O)C(=O)N1. The number of ether oxygens (including phenoxy) is 2. The lowest BCUT2D eigenvalue weighted by Gasteiger charge is -2.27. The minimum atomic E-state index is -1.03. The third-order valence-electron chi connectivity index (χ3n) is 10.7. The molecule has 12 nitrogen and oxygen atoms in total. The van der Waals surface area contributed by atoms with E-state index in [0.717, 1.165) is 57.3 Å². The van der Waals surface area contributed by atoms with Crippen molar-refractivity contribution in [2.45, 2.75) is 38.1 Å². The maximum absolute atomic E-state index is 13.6. The van der Waals surface area contributed by atoms with Crippen LogP contribution in [0, 0.1) is 0 Å². The molecular weight excluding hydrogens is 847 g/mol. The maximum atomic E-state index is 13.6. The average molecular weight is 883 g/mol. The summed E-state index contributed by atoms with van der Waals surface area (Å²) >= 11 is 2.08. The van der Waals surface area contributed by atoms with Crippen molar-refractivity contribution >= 4 is 52.2 Å². The van der Waals surface area contributed by atoms with Gasteiger partial charge in [-0.15, -0.1) is 0 Å². The van der Waals surface area contributed by atoms with E-state index in [-0.39, 0.29) is 24.0 Å². The molecule has 1 fully saturated rings. The molecule has 1 saturated heterocycles. The number of amides is 4. The molecule has 0 saturated carbocycles. The van der Waals surface area contributed by atoms with E-state index < -0.39 is 29.7 Å². The number of fused-ring (bicyclic) bond motifs is 2. The molecule has 13 heteroatoms. The predicted octanol–water partition coefficient (Wildman–Crippen LogP) is 7.60. The van der Waals surface area contributed by atoms with Crippen molar-refractivity contribution in [3.05, 3.63) is 138 Å². The summed E-state index contributed by atoms with van der Waals surface area (Å²) in [6.07, 6.45) is 8.33. The number of aromatic nitrogens is 3. The highest BCUT2D eigenvalue weighted by Crippen LogP contribution is 2.37. The molecule has 288 valence electrons. The lowest BCUT2D eigenvalue weighted by atomic mass is 9.96. The molecular formula is C45H35IN6O6. The van der Waals surface area contributed by atoms with Gasteiger partial charge in [-0.2, -0.15) is 5.10 Å². The monoisotopic (exact) mass is 882 g/mol. The number of hydrogen-bond donors (Lipinski definition) is 1. The number of carbonyl (C=O) groups is 4. The number of rotatable bonds is 11. The van der Waals surface area contributed by atoms with Gasteiger partial charge in [-0.25, -0.2) is 7.89 Å². The first-order valence-corrected chi connectivity index (χ1v) is 20.0. The molecule has 0 bridgehead atoms. The van der Waals surface area contributed by atoms with Crippen LogP contribution in [0.5, 0.6) is 11.5 Å². The fraction of sp³-hybridized carbons (Fsp3) is 0.178. The predicted molar refractivity (Wildman–Crippen MR) is 225 cm³/mol. The fourth-order valence-electron chi connectivity index (χ4n) is 7.81. The first kappa shape index (κ1) is 37.1. The van der Waals surface area contributed by atoms with Gasteiger partial charge in [-0.3, -0.25) is 34.4 Å². The smallest absolute Gasteiger partial charge is 0.262 e. The highest BCUT2D eigenvalue weighted by atomic mass is 127. The van der Waals surface area contributed by atoms with Crippen LogP contribution < -0.4 is 14.8 Å². The van der Waals surface area contributed by atoms with Crippen molar-refractivity contribution in [1.82, 2.24) is 25.0 Å². The number of halogens is 1. The topological polar surface area (TPSA) is 145 Å². The third kappa shape index (κ3) is 7.06. The molecule has 1 aliphatic carbocycles. The van der Waals surface area contributed by atoms with Gasteiger partial charge in [0.25, 0.3) is 11.8 Å².